The molecule has 3 N–H and O–H groups in total. The van der Waals surface area contributed by atoms with Crippen LogP contribution in [0.4, 0.5) is 5.69 Å². The number of Topliss-reactive ketones (excluding diaryl/α,β-unsaturated/α-hetero) is 1. The first kappa shape index (κ1) is 19.5. The van der Waals surface area contributed by atoms with Crippen molar-refractivity contribution in [2.24, 2.45) is 5.92 Å². The predicted octanol–water partition coefficient (Wildman–Crippen LogP) is 4.55. The van der Waals surface area contributed by atoms with Crippen LogP contribution in [0.2, 0.25) is 0 Å². The van der Waals surface area contributed by atoms with E-state index in [0.717, 1.165) is 43.7 Å². The number of nitrogens with zero attached hydrogens (tertiary/aromatic N) is 1. The van der Waals surface area contributed by atoms with E-state index in [2.05, 4.69) is 69.8 Å². The maximum atomic E-state index is 11.8. The highest BCUT2D eigenvalue weighted by molar-refractivity contribution is 5.95. The number of ketones is 1. The maximum absolute atomic E-state index is 11.8. The Bertz CT molecular complexity index is 919. The Kier molecular flexibility index (Phi) is 5.86. The van der Waals surface area contributed by atoms with Crippen molar-refractivity contribution in [3.8, 4) is 0 Å². The summed E-state index contributed by atoms with van der Waals surface area (Å²) in [5.74, 6) is 0.513. The lowest BCUT2D eigenvalue weighted by atomic mass is 9.97. The van der Waals surface area contributed by atoms with Crippen molar-refractivity contribution < 1.29 is 4.79 Å². The van der Waals surface area contributed by atoms with Crippen molar-refractivity contribution in [3.63, 3.8) is 0 Å². The number of anilines is 1. The molecule has 0 radical (unpaired) electrons. The van der Waals surface area contributed by atoms with Crippen LogP contribution in [0.5, 0.6) is 0 Å². The molecule has 0 aliphatic carbocycles. The van der Waals surface area contributed by atoms with Crippen LogP contribution >= 0.6 is 0 Å². The summed E-state index contributed by atoms with van der Waals surface area (Å²) >= 11 is 0. The molecule has 0 bridgehead atoms. The second-order valence-electron chi connectivity index (χ2n) is 8.10. The van der Waals surface area contributed by atoms with Crippen LogP contribution in [0.15, 0.2) is 48.5 Å². The fourth-order valence-corrected chi connectivity index (χ4v) is 4.00. The molecule has 29 heavy (non-hydrogen) atoms. The topological polar surface area (TPSA) is 56.4 Å². The summed E-state index contributed by atoms with van der Waals surface area (Å²) in [6.07, 6.45) is 3.74. The van der Waals surface area contributed by atoms with Crippen LogP contribution in [0.25, 0.3) is 11.4 Å². The molecule has 0 fully saturated rings. The van der Waals surface area contributed by atoms with E-state index in [1.165, 1.54) is 22.4 Å². The van der Waals surface area contributed by atoms with Gasteiger partial charge in [-0.15, -0.1) is 5.53 Å². The number of hydrazine groups is 2. The Hall–Kier alpha value is -2.79. The molecule has 0 aromatic heterocycles. The Morgan fingerprint density at radius 3 is 2.59 bits per heavy atom. The number of para-hydroxylation sites is 1. The minimum absolute atomic E-state index is 0.145. The fourth-order valence-electron chi connectivity index (χ4n) is 4.00. The summed E-state index contributed by atoms with van der Waals surface area (Å²) in [4.78, 5) is 11.8. The van der Waals surface area contributed by atoms with Crippen molar-refractivity contribution in [1.29, 1.82) is 0 Å². The fraction of sp³-hybridized carbons (Fsp3) is 0.375. The highest BCUT2D eigenvalue weighted by Gasteiger charge is 2.28. The van der Waals surface area contributed by atoms with Gasteiger partial charge in [0.05, 0.1) is 11.4 Å². The van der Waals surface area contributed by atoms with E-state index in [4.69, 9.17) is 0 Å². The summed E-state index contributed by atoms with van der Waals surface area (Å²) in [6, 6.07) is 17.0. The average molecular weight is 391 g/mol. The van der Waals surface area contributed by atoms with Gasteiger partial charge in [-0.2, -0.15) is 0 Å². The van der Waals surface area contributed by atoms with Gasteiger partial charge in [0.15, 0.2) is 0 Å². The maximum Gasteiger partial charge on any atom is 0.135 e. The lowest BCUT2D eigenvalue weighted by molar-refractivity contribution is -0.122. The zero-order chi connectivity index (χ0) is 20.2. The monoisotopic (exact) mass is 390 g/mol. The molecule has 5 heteroatoms. The summed E-state index contributed by atoms with van der Waals surface area (Å²) in [6.45, 7) is 5.65. The van der Waals surface area contributed by atoms with E-state index in [9.17, 15) is 4.79 Å². The molecule has 0 saturated carbocycles. The molecule has 2 heterocycles. The number of nitrogens with one attached hydrogen (secondary N) is 3. The second kappa shape index (κ2) is 8.70. The second-order valence-corrected chi connectivity index (χ2v) is 8.10. The molecule has 2 aliphatic heterocycles. The smallest absolute Gasteiger partial charge is 0.135 e. The van der Waals surface area contributed by atoms with Crippen LogP contribution in [-0.2, 0) is 11.3 Å². The first-order valence-electron chi connectivity index (χ1n) is 10.6. The molecule has 0 atom stereocenters. The van der Waals surface area contributed by atoms with Crippen molar-refractivity contribution in [1.82, 2.24) is 16.0 Å². The van der Waals surface area contributed by atoms with Crippen molar-refractivity contribution in [2.45, 2.75) is 46.1 Å². The Balaban J connectivity index is 1.54. The van der Waals surface area contributed by atoms with Gasteiger partial charge >= 0.3 is 0 Å². The van der Waals surface area contributed by atoms with Crippen molar-refractivity contribution in [2.75, 3.05) is 11.9 Å². The van der Waals surface area contributed by atoms with Crippen LogP contribution in [0, 0.1) is 5.92 Å². The van der Waals surface area contributed by atoms with E-state index < -0.39 is 0 Å². The third-order valence-corrected chi connectivity index (χ3v) is 5.71. The molecule has 0 spiro atoms. The van der Waals surface area contributed by atoms with Crippen molar-refractivity contribution in [3.05, 3.63) is 65.2 Å². The number of hydrogen-bond acceptors (Lipinski definition) is 5. The van der Waals surface area contributed by atoms with Gasteiger partial charge in [0.1, 0.15) is 5.78 Å². The minimum atomic E-state index is 0.145. The van der Waals surface area contributed by atoms with Gasteiger partial charge in [0, 0.05) is 42.2 Å². The summed E-state index contributed by atoms with van der Waals surface area (Å²) in [5, 5.41) is 5.81. The molecule has 2 aliphatic rings. The molecule has 152 valence electrons. The minimum Gasteiger partial charge on any atom is -0.380 e. The molecule has 0 unspecified atom stereocenters. The number of benzene rings is 2. The van der Waals surface area contributed by atoms with Crippen molar-refractivity contribution >= 4 is 22.9 Å². The quantitative estimate of drug-likeness (QED) is 0.606. The van der Waals surface area contributed by atoms with Crippen LogP contribution in [0.3, 0.4) is 0 Å². The van der Waals surface area contributed by atoms with E-state index in [1.807, 2.05) is 13.8 Å². The molecule has 2 aromatic carbocycles. The first-order valence-corrected chi connectivity index (χ1v) is 10.6. The van der Waals surface area contributed by atoms with Gasteiger partial charge in [-0.25, -0.2) is 0 Å². The lowest BCUT2D eigenvalue weighted by Gasteiger charge is -2.25. The third kappa shape index (κ3) is 4.15. The van der Waals surface area contributed by atoms with Gasteiger partial charge in [0.2, 0.25) is 0 Å². The third-order valence-electron chi connectivity index (χ3n) is 5.71. The van der Waals surface area contributed by atoms with Gasteiger partial charge in [0.25, 0.3) is 0 Å². The number of rotatable bonds is 7. The van der Waals surface area contributed by atoms with E-state index in [0.29, 0.717) is 12.2 Å². The number of fused-ring (bicyclic) bond motifs is 4. The molecular formula is C24H30N4O. The molecule has 0 amide bonds. The van der Waals surface area contributed by atoms with Gasteiger partial charge in [-0.05, 0) is 24.5 Å². The Morgan fingerprint density at radius 1 is 1.00 bits per heavy atom. The Labute approximate surface area is 173 Å². The highest BCUT2D eigenvalue weighted by Crippen LogP contribution is 2.37. The lowest BCUT2D eigenvalue weighted by Crippen LogP contribution is -2.38. The molecule has 0 saturated heterocycles. The van der Waals surface area contributed by atoms with Gasteiger partial charge in [-0.1, -0.05) is 62.7 Å². The molecule has 2 aromatic rings. The molecule has 4 rings (SSSR count). The number of unbranched alkanes of at least 4 members (excludes halogenated alkanes) is 2. The van der Waals surface area contributed by atoms with E-state index in [1.54, 1.807) is 0 Å². The van der Waals surface area contributed by atoms with E-state index >= 15 is 0 Å². The average Bonchev–Trinajstić information content (AvgIpc) is 3.13. The summed E-state index contributed by atoms with van der Waals surface area (Å²) < 4.78 is 0. The number of carbonyl (C=O) groups excluding carboxylic acids is 1. The van der Waals surface area contributed by atoms with Gasteiger partial charge in [-0.3, -0.25) is 9.80 Å². The number of carbonyl (C=O) groups is 1. The molecular weight excluding hydrogens is 360 g/mol. The zero-order valence-electron chi connectivity index (χ0n) is 17.3. The highest BCUT2D eigenvalue weighted by atomic mass is 16.1. The van der Waals surface area contributed by atoms with E-state index in [-0.39, 0.29) is 5.92 Å². The zero-order valence-corrected chi connectivity index (χ0v) is 17.3. The van der Waals surface area contributed by atoms with Crippen LogP contribution in [-0.4, -0.2) is 17.3 Å². The predicted molar refractivity (Wildman–Crippen MR) is 118 cm³/mol. The Morgan fingerprint density at radius 2 is 1.76 bits per heavy atom. The van der Waals surface area contributed by atoms with Crippen LogP contribution < -0.4 is 16.3 Å². The standard InChI is InChI=1S/C24H30N4O/c1-17(2)22(29)14-4-3-9-15-28-24-20-12-7-8-13-21(20)25-16-18-10-5-6-11-19(18)23(24)26-27-28/h5-8,10-13,17,25-27H,3-4,9,14-16H2,1-2H3. The summed E-state index contributed by atoms with van der Waals surface area (Å²) in [7, 11) is 0. The molecule has 5 nitrogen and oxygen atoms in total. The normalized spacial score (nSPS) is 15.1. The SMILES string of the molecule is CC(C)C(=O)CCCCCN1NNC2=C1c1ccccc1NCc1ccccc12. The number of hydrogen-bond donors (Lipinski definition) is 3. The first-order chi connectivity index (χ1) is 14.1. The largest absolute Gasteiger partial charge is 0.380 e. The van der Waals surface area contributed by atoms with Crippen LogP contribution in [0.1, 0.15) is 56.2 Å². The summed E-state index contributed by atoms with van der Waals surface area (Å²) in [5.41, 5.74) is 13.9. The van der Waals surface area contributed by atoms with Gasteiger partial charge < -0.3 is 10.7 Å².